The first-order valence-corrected chi connectivity index (χ1v) is 6.15. The molecule has 1 fully saturated rings. The lowest BCUT2D eigenvalue weighted by atomic mass is 10.1. The molecule has 1 saturated heterocycles. The van der Waals surface area contributed by atoms with Gasteiger partial charge in [0.1, 0.15) is 5.75 Å². The van der Waals surface area contributed by atoms with Crippen molar-refractivity contribution >= 4 is 17.6 Å². The van der Waals surface area contributed by atoms with Crippen molar-refractivity contribution in [2.24, 2.45) is 0 Å². The van der Waals surface area contributed by atoms with E-state index < -0.39 is 12.1 Å². The number of nitrogen functional groups attached to an aromatic ring is 1. The van der Waals surface area contributed by atoms with Crippen molar-refractivity contribution in [3.8, 4) is 5.75 Å². The molecule has 6 heteroatoms. The number of anilines is 1. The second-order valence-corrected chi connectivity index (χ2v) is 4.45. The highest BCUT2D eigenvalue weighted by molar-refractivity contribution is 5.94. The number of nitrogens with two attached hydrogens (primary N) is 1. The van der Waals surface area contributed by atoms with Gasteiger partial charge in [-0.2, -0.15) is 0 Å². The minimum Gasteiger partial charge on any atom is -0.481 e. The highest BCUT2D eigenvalue weighted by atomic mass is 16.5. The van der Waals surface area contributed by atoms with Crippen LogP contribution in [0.15, 0.2) is 18.2 Å². The number of amides is 1. The van der Waals surface area contributed by atoms with Crippen LogP contribution in [0.4, 0.5) is 5.69 Å². The summed E-state index contributed by atoms with van der Waals surface area (Å²) in [6, 6.07) is 4.38. The van der Waals surface area contributed by atoms with E-state index in [1.807, 2.05) is 0 Å². The molecule has 6 nitrogen and oxygen atoms in total. The highest BCUT2D eigenvalue weighted by Crippen LogP contribution is 2.22. The normalized spacial score (nSPS) is 19.4. The number of aromatic carboxylic acids is 1. The van der Waals surface area contributed by atoms with Crippen LogP contribution in [0.3, 0.4) is 0 Å². The van der Waals surface area contributed by atoms with Crippen LogP contribution in [-0.2, 0) is 4.79 Å². The molecule has 1 amide bonds. The predicted octanol–water partition coefficient (Wildman–Crippen LogP) is 1.01. The first-order valence-electron chi connectivity index (χ1n) is 6.15. The van der Waals surface area contributed by atoms with Crippen LogP contribution in [0.5, 0.6) is 5.75 Å². The maximum atomic E-state index is 11.7. The number of hydrogen-bond donors (Lipinski definition) is 3. The van der Waals surface area contributed by atoms with E-state index in [1.54, 1.807) is 6.07 Å². The van der Waals surface area contributed by atoms with Crippen molar-refractivity contribution in [3.05, 3.63) is 23.8 Å². The van der Waals surface area contributed by atoms with Crippen molar-refractivity contribution in [2.45, 2.75) is 25.4 Å². The van der Waals surface area contributed by atoms with E-state index in [2.05, 4.69) is 5.32 Å². The Morgan fingerprint density at radius 2 is 2.21 bits per heavy atom. The minimum absolute atomic E-state index is 0.0217. The minimum atomic E-state index is -1.12. The third-order valence-corrected chi connectivity index (χ3v) is 3.02. The fourth-order valence-electron chi connectivity index (χ4n) is 1.98. The van der Waals surface area contributed by atoms with E-state index in [9.17, 15) is 9.59 Å². The van der Waals surface area contributed by atoms with Gasteiger partial charge in [-0.1, -0.05) is 0 Å². The Morgan fingerprint density at radius 1 is 1.42 bits per heavy atom. The number of carboxylic acid groups (broad SMARTS) is 1. The molecule has 0 aromatic heterocycles. The molecule has 19 heavy (non-hydrogen) atoms. The SMILES string of the molecule is Nc1ccc(OC2CCCCNC2=O)cc1C(=O)O. The average Bonchev–Trinajstić information content (AvgIpc) is 2.57. The molecule has 0 aliphatic carbocycles. The molecular formula is C13H16N2O4. The van der Waals surface area contributed by atoms with Crippen molar-refractivity contribution in [3.63, 3.8) is 0 Å². The fraction of sp³-hybridized carbons (Fsp3) is 0.385. The van der Waals surface area contributed by atoms with Crippen LogP contribution in [0.2, 0.25) is 0 Å². The highest BCUT2D eigenvalue weighted by Gasteiger charge is 2.22. The summed E-state index contributed by atoms with van der Waals surface area (Å²) in [5.74, 6) is -0.937. The summed E-state index contributed by atoms with van der Waals surface area (Å²) in [6.07, 6.45) is 1.86. The predicted molar refractivity (Wildman–Crippen MR) is 69.1 cm³/mol. The Hall–Kier alpha value is -2.24. The standard InChI is InChI=1S/C13H16N2O4/c14-10-5-4-8(7-9(10)13(17)18)19-11-3-1-2-6-15-12(11)16/h4-5,7,11H,1-3,6,14H2,(H,15,16)(H,17,18). The molecule has 2 rings (SSSR count). The van der Waals surface area contributed by atoms with Crippen LogP contribution >= 0.6 is 0 Å². The number of hydrogen-bond acceptors (Lipinski definition) is 4. The Morgan fingerprint density at radius 3 is 2.95 bits per heavy atom. The lowest BCUT2D eigenvalue weighted by molar-refractivity contribution is -0.127. The van der Waals surface area contributed by atoms with Crippen LogP contribution in [0, 0.1) is 0 Å². The molecule has 1 atom stereocenters. The summed E-state index contributed by atoms with van der Waals surface area (Å²) < 4.78 is 5.56. The van der Waals surface area contributed by atoms with Crippen molar-refractivity contribution < 1.29 is 19.4 Å². The fourth-order valence-corrected chi connectivity index (χ4v) is 1.98. The third-order valence-electron chi connectivity index (χ3n) is 3.02. The van der Waals surface area contributed by atoms with E-state index >= 15 is 0 Å². The summed E-state index contributed by atoms with van der Waals surface area (Å²) in [7, 11) is 0. The van der Waals surface area contributed by atoms with Crippen molar-refractivity contribution in [2.75, 3.05) is 12.3 Å². The van der Waals surface area contributed by atoms with E-state index in [0.717, 1.165) is 12.8 Å². The molecule has 1 aliphatic heterocycles. The Balaban J connectivity index is 2.16. The van der Waals surface area contributed by atoms with Gasteiger partial charge in [0.25, 0.3) is 5.91 Å². The molecule has 0 saturated carbocycles. The second kappa shape index (κ2) is 5.60. The summed E-state index contributed by atoms with van der Waals surface area (Å²) in [6.45, 7) is 0.654. The number of ether oxygens (including phenoxy) is 1. The Labute approximate surface area is 110 Å². The van der Waals surface area contributed by atoms with Gasteiger partial charge in [-0.15, -0.1) is 0 Å². The lowest BCUT2D eigenvalue weighted by Gasteiger charge is -2.16. The molecular weight excluding hydrogens is 248 g/mol. The summed E-state index contributed by atoms with van der Waals surface area (Å²) >= 11 is 0. The van der Waals surface area contributed by atoms with Gasteiger partial charge in [-0.25, -0.2) is 4.79 Å². The molecule has 1 aromatic carbocycles. The van der Waals surface area contributed by atoms with Gasteiger partial charge in [0.05, 0.1) is 5.56 Å². The van der Waals surface area contributed by atoms with Crippen LogP contribution in [0.1, 0.15) is 29.6 Å². The lowest BCUT2D eigenvalue weighted by Crippen LogP contribution is -2.36. The van der Waals surface area contributed by atoms with Gasteiger partial charge in [0, 0.05) is 12.2 Å². The summed E-state index contributed by atoms with van der Waals surface area (Å²) in [5, 5.41) is 11.7. The number of carboxylic acids is 1. The number of nitrogens with one attached hydrogen (secondary N) is 1. The maximum Gasteiger partial charge on any atom is 0.337 e. The summed E-state index contributed by atoms with van der Waals surface area (Å²) in [4.78, 5) is 22.7. The monoisotopic (exact) mass is 264 g/mol. The van der Waals surface area contributed by atoms with Gasteiger partial charge in [0.2, 0.25) is 0 Å². The zero-order valence-corrected chi connectivity index (χ0v) is 10.4. The molecule has 1 heterocycles. The van der Waals surface area contributed by atoms with E-state index in [-0.39, 0.29) is 17.2 Å². The largest absolute Gasteiger partial charge is 0.481 e. The van der Waals surface area contributed by atoms with Gasteiger partial charge in [-0.3, -0.25) is 4.79 Å². The van der Waals surface area contributed by atoms with Crippen LogP contribution < -0.4 is 15.8 Å². The molecule has 102 valence electrons. The third kappa shape index (κ3) is 3.15. The van der Waals surface area contributed by atoms with Crippen LogP contribution in [0.25, 0.3) is 0 Å². The molecule has 1 unspecified atom stereocenters. The molecule has 0 bridgehead atoms. The molecule has 1 aliphatic rings. The zero-order valence-electron chi connectivity index (χ0n) is 10.4. The molecule has 0 spiro atoms. The van der Waals surface area contributed by atoms with E-state index in [1.165, 1.54) is 12.1 Å². The van der Waals surface area contributed by atoms with Crippen LogP contribution in [-0.4, -0.2) is 29.6 Å². The van der Waals surface area contributed by atoms with Crippen molar-refractivity contribution in [1.82, 2.24) is 5.32 Å². The van der Waals surface area contributed by atoms with Crippen molar-refractivity contribution in [1.29, 1.82) is 0 Å². The Kier molecular flexibility index (Phi) is 3.89. The molecule has 1 aromatic rings. The average molecular weight is 264 g/mol. The Bertz CT molecular complexity index is 501. The second-order valence-electron chi connectivity index (χ2n) is 4.45. The number of carbonyl (C=O) groups excluding carboxylic acids is 1. The summed E-state index contributed by atoms with van der Waals surface area (Å²) in [5.41, 5.74) is 5.71. The van der Waals surface area contributed by atoms with E-state index in [0.29, 0.717) is 18.7 Å². The van der Waals surface area contributed by atoms with Gasteiger partial charge < -0.3 is 20.9 Å². The number of carbonyl (C=O) groups is 2. The first kappa shape index (κ1) is 13.2. The zero-order chi connectivity index (χ0) is 13.8. The quantitative estimate of drug-likeness (QED) is 0.707. The van der Waals surface area contributed by atoms with E-state index in [4.69, 9.17) is 15.6 Å². The first-order chi connectivity index (χ1) is 9.08. The smallest absolute Gasteiger partial charge is 0.337 e. The number of rotatable bonds is 3. The molecule has 0 radical (unpaired) electrons. The van der Waals surface area contributed by atoms with Gasteiger partial charge in [0.15, 0.2) is 6.10 Å². The molecule has 4 N–H and O–H groups in total. The maximum absolute atomic E-state index is 11.7. The topological polar surface area (TPSA) is 102 Å². The number of benzene rings is 1. The van der Waals surface area contributed by atoms with Gasteiger partial charge >= 0.3 is 5.97 Å². The van der Waals surface area contributed by atoms with Gasteiger partial charge in [-0.05, 0) is 37.5 Å².